The van der Waals surface area contributed by atoms with Crippen LogP contribution in [0.3, 0.4) is 0 Å². The quantitative estimate of drug-likeness (QED) is 0.777. The summed E-state index contributed by atoms with van der Waals surface area (Å²) in [7, 11) is 0. The summed E-state index contributed by atoms with van der Waals surface area (Å²) in [6.07, 6.45) is 1.15. The molecule has 1 aliphatic heterocycles. The molecule has 1 aliphatic rings. The van der Waals surface area contributed by atoms with Crippen LogP contribution in [0.1, 0.15) is 18.9 Å². The lowest BCUT2D eigenvalue weighted by Gasteiger charge is -2.24. The number of aliphatic hydroxyl groups is 1. The number of likely N-dealkylation sites (tertiary alicyclic amines) is 1. The number of nitrogens with two attached hydrogens (primary N) is 1. The van der Waals surface area contributed by atoms with Crippen LogP contribution in [0.2, 0.25) is 0 Å². The van der Waals surface area contributed by atoms with Gasteiger partial charge in [0.2, 0.25) is 0 Å². The van der Waals surface area contributed by atoms with E-state index < -0.39 is 0 Å². The molecule has 110 valence electrons. The topological polar surface area (TPSA) is 58.7 Å². The predicted molar refractivity (Wildman–Crippen MR) is 84.1 cm³/mol. The minimum absolute atomic E-state index is 0.226. The van der Waals surface area contributed by atoms with E-state index in [-0.39, 0.29) is 12.6 Å². The number of rotatable bonds is 6. The molecule has 1 aromatic rings. The summed E-state index contributed by atoms with van der Waals surface area (Å²) in [5.74, 6) is 1.38. The lowest BCUT2D eigenvalue weighted by Crippen LogP contribution is -2.37. The summed E-state index contributed by atoms with van der Waals surface area (Å²) < 4.78 is 5.72. The van der Waals surface area contributed by atoms with Crippen LogP contribution in [0.25, 0.3) is 0 Å². The largest absolute Gasteiger partial charge is 0.492 e. The highest BCUT2D eigenvalue weighted by molar-refractivity contribution is 7.80. The molecule has 1 aromatic carbocycles. The fraction of sp³-hybridized carbons (Fsp3) is 0.533. The smallest absolute Gasteiger partial charge is 0.119 e. The summed E-state index contributed by atoms with van der Waals surface area (Å²) in [6, 6.07) is 7.77. The first kappa shape index (κ1) is 15.2. The predicted octanol–water partition coefficient (Wildman–Crippen LogP) is 1.40. The van der Waals surface area contributed by atoms with Gasteiger partial charge in [-0.05, 0) is 43.1 Å². The molecule has 3 N–H and O–H groups in total. The lowest BCUT2D eigenvalue weighted by atomic mass is 10.0. The van der Waals surface area contributed by atoms with E-state index in [2.05, 4.69) is 11.8 Å². The van der Waals surface area contributed by atoms with Crippen LogP contribution in [0.5, 0.6) is 5.75 Å². The molecular formula is C15H22N2O2S. The average Bonchev–Trinajstić information content (AvgIpc) is 2.80. The number of aliphatic hydroxyl groups excluding tert-OH is 1. The zero-order valence-corrected chi connectivity index (χ0v) is 12.6. The molecule has 2 rings (SSSR count). The van der Waals surface area contributed by atoms with Crippen molar-refractivity contribution in [2.75, 3.05) is 26.3 Å². The van der Waals surface area contributed by atoms with Crippen LogP contribution in [0, 0.1) is 5.92 Å². The van der Waals surface area contributed by atoms with E-state index in [1.807, 2.05) is 24.3 Å². The molecule has 0 aliphatic carbocycles. The Labute approximate surface area is 125 Å². The second kappa shape index (κ2) is 7.02. The van der Waals surface area contributed by atoms with Gasteiger partial charge < -0.3 is 15.6 Å². The van der Waals surface area contributed by atoms with Crippen molar-refractivity contribution in [2.45, 2.75) is 19.4 Å². The van der Waals surface area contributed by atoms with Crippen LogP contribution < -0.4 is 10.5 Å². The van der Waals surface area contributed by atoms with Crippen LogP contribution in [-0.4, -0.2) is 47.3 Å². The summed E-state index contributed by atoms with van der Waals surface area (Å²) in [5.41, 5.74) is 6.40. The SMILES string of the molecule is CC1CCN(CCOc2ccc(C(N)=S)cc2)C1CO. The molecule has 0 amide bonds. The first-order valence-electron chi connectivity index (χ1n) is 6.99. The zero-order valence-electron chi connectivity index (χ0n) is 11.8. The first-order chi connectivity index (χ1) is 9.61. The van der Waals surface area contributed by atoms with E-state index in [9.17, 15) is 5.11 Å². The van der Waals surface area contributed by atoms with Crippen molar-refractivity contribution in [3.05, 3.63) is 29.8 Å². The molecule has 5 heteroatoms. The van der Waals surface area contributed by atoms with Crippen LogP contribution in [0.15, 0.2) is 24.3 Å². The molecule has 2 unspecified atom stereocenters. The van der Waals surface area contributed by atoms with Gasteiger partial charge in [-0.15, -0.1) is 0 Å². The molecule has 1 fully saturated rings. The number of hydrogen-bond acceptors (Lipinski definition) is 4. The first-order valence-corrected chi connectivity index (χ1v) is 7.40. The molecule has 1 heterocycles. The second-order valence-electron chi connectivity index (χ2n) is 5.29. The number of hydrogen-bond donors (Lipinski definition) is 2. The summed E-state index contributed by atoms with van der Waals surface area (Å²) in [5, 5.41) is 9.40. The summed E-state index contributed by atoms with van der Waals surface area (Å²) in [4.78, 5) is 2.70. The maximum absolute atomic E-state index is 9.40. The Morgan fingerprint density at radius 2 is 2.15 bits per heavy atom. The van der Waals surface area contributed by atoms with Gasteiger partial charge in [0.05, 0.1) is 6.61 Å². The molecule has 0 spiro atoms. The highest BCUT2D eigenvalue weighted by Gasteiger charge is 2.29. The Bertz CT molecular complexity index is 450. The van der Waals surface area contributed by atoms with Crippen LogP contribution >= 0.6 is 12.2 Å². The maximum Gasteiger partial charge on any atom is 0.119 e. The molecule has 20 heavy (non-hydrogen) atoms. The lowest BCUT2D eigenvalue weighted by molar-refractivity contribution is 0.123. The van der Waals surface area contributed by atoms with Crippen molar-refractivity contribution in [1.82, 2.24) is 4.90 Å². The molecule has 1 saturated heterocycles. The molecule has 4 nitrogen and oxygen atoms in total. The fourth-order valence-electron chi connectivity index (χ4n) is 2.66. The minimum atomic E-state index is 0.226. The van der Waals surface area contributed by atoms with Gasteiger partial charge in [-0.25, -0.2) is 0 Å². The van der Waals surface area contributed by atoms with Crippen molar-refractivity contribution in [1.29, 1.82) is 0 Å². The number of nitrogens with zero attached hydrogens (tertiary/aromatic N) is 1. The van der Waals surface area contributed by atoms with Crippen molar-refractivity contribution in [2.24, 2.45) is 11.7 Å². The third kappa shape index (κ3) is 3.69. The molecule has 0 bridgehead atoms. The van der Waals surface area contributed by atoms with Crippen molar-refractivity contribution < 1.29 is 9.84 Å². The Kier molecular flexibility index (Phi) is 5.34. The Morgan fingerprint density at radius 1 is 1.45 bits per heavy atom. The Morgan fingerprint density at radius 3 is 2.75 bits per heavy atom. The number of thiocarbonyl (C=S) groups is 1. The fourth-order valence-corrected chi connectivity index (χ4v) is 2.79. The van der Waals surface area contributed by atoms with Gasteiger partial charge in [0.15, 0.2) is 0 Å². The minimum Gasteiger partial charge on any atom is -0.492 e. The highest BCUT2D eigenvalue weighted by Crippen LogP contribution is 2.23. The Balaban J connectivity index is 1.79. The monoisotopic (exact) mass is 294 g/mol. The van der Waals surface area contributed by atoms with E-state index in [0.717, 1.165) is 30.8 Å². The van der Waals surface area contributed by atoms with Gasteiger partial charge in [0, 0.05) is 18.2 Å². The standard InChI is InChI=1S/C15H22N2O2S/c1-11-6-7-17(14(11)10-18)8-9-19-13-4-2-12(3-5-13)15(16)20/h2-5,11,14,18H,6-10H2,1H3,(H2,16,20). The van der Waals surface area contributed by atoms with Crippen LogP contribution in [-0.2, 0) is 0 Å². The van der Waals surface area contributed by atoms with E-state index in [0.29, 0.717) is 17.5 Å². The second-order valence-corrected chi connectivity index (χ2v) is 5.73. The normalized spacial score (nSPS) is 22.9. The van der Waals surface area contributed by atoms with Gasteiger partial charge in [0.25, 0.3) is 0 Å². The molecular weight excluding hydrogens is 272 g/mol. The number of benzene rings is 1. The molecule has 2 atom stereocenters. The molecule has 0 aromatic heterocycles. The van der Waals surface area contributed by atoms with E-state index in [4.69, 9.17) is 22.7 Å². The van der Waals surface area contributed by atoms with E-state index in [1.54, 1.807) is 0 Å². The third-order valence-electron chi connectivity index (χ3n) is 3.97. The van der Waals surface area contributed by atoms with Crippen LogP contribution in [0.4, 0.5) is 0 Å². The van der Waals surface area contributed by atoms with Gasteiger partial charge in [-0.2, -0.15) is 0 Å². The number of ether oxygens (including phenoxy) is 1. The van der Waals surface area contributed by atoms with Gasteiger partial charge >= 0.3 is 0 Å². The van der Waals surface area contributed by atoms with Crippen molar-refractivity contribution in [3.63, 3.8) is 0 Å². The van der Waals surface area contributed by atoms with Gasteiger partial charge in [0.1, 0.15) is 17.3 Å². The van der Waals surface area contributed by atoms with Gasteiger partial charge in [-0.3, -0.25) is 4.90 Å². The zero-order chi connectivity index (χ0) is 14.5. The Hall–Kier alpha value is -1.17. The van der Waals surface area contributed by atoms with E-state index in [1.165, 1.54) is 0 Å². The van der Waals surface area contributed by atoms with Crippen molar-refractivity contribution in [3.8, 4) is 5.75 Å². The highest BCUT2D eigenvalue weighted by atomic mass is 32.1. The third-order valence-corrected chi connectivity index (χ3v) is 4.21. The van der Waals surface area contributed by atoms with Gasteiger partial charge in [-0.1, -0.05) is 19.1 Å². The molecule has 0 saturated carbocycles. The maximum atomic E-state index is 9.40. The summed E-state index contributed by atoms with van der Waals surface area (Å²) >= 11 is 4.91. The van der Waals surface area contributed by atoms with E-state index >= 15 is 0 Å². The summed E-state index contributed by atoms with van der Waals surface area (Å²) in [6.45, 7) is 4.92. The molecule has 0 radical (unpaired) electrons. The van der Waals surface area contributed by atoms with Crippen molar-refractivity contribution >= 4 is 17.2 Å². The average molecular weight is 294 g/mol.